The molecule has 0 atom stereocenters. The summed E-state index contributed by atoms with van der Waals surface area (Å²) in [6.45, 7) is 4.33. The van der Waals surface area contributed by atoms with Gasteiger partial charge in [-0.3, -0.25) is 14.8 Å². The molecule has 130 valence electrons. The second-order valence-electron chi connectivity index (χ2n) is 5.82. The van der Waals surface area contributed by atoms with Crippen LogP contribution in [0.2, 0.25) is 0 Å². The van der Waals surface area contributed by atoms with Gasteiger partial charge in [-0.1, -0.05) is 31.1 Å². The van der Waals surface area contributed by atoms with Crippen molar-refractivity contribution < 1.29 is 9.21 Å². The minimum atomic E-state index is -0.383. The number of nitrogens with one attached hydrogen (secondary N) is 1. The minimum absolute atomic E-state index is 0.0673. The van der Waals surface area contributed by atoms with Crippen LogP contribution < -0.4 is 5.32 Å². The molecule has 0 saturated heterocycles. The Morgan fingerprint density at radius 1 is 1.24 bits per heavy atom. The molecule has 0 radical (unpaired) electrons. The molecule has 2 heterocycles. The van der Waals surface area contributed by atoms with E-state index in [1.165, 1.54) is 4.90 Å². The number of thioether (sulfide) groups is 1. The highest BCUT2D eigenvalue weighted by molar-refractivity contribution is 7.99. The molecule has 0 fully saturated rings. The normalized spacial score (nSPS) is 11.0. The molecule has 3 rings (SSSR count). The van der Waals surface area contributed by atoms with E-state index in [1.807, 2.05) is 23.9 Å². The first kappa shape index (κ1) is 17.2. The highest BCUT2D eigenvalue weighted by Crippen LogP contribution is 2.23. The van der Waals surface area contributed by atoms with Gasteiger partial charge >= 0.3 is 6.01 Å². The number of amides is 1. The van der Waals surface area contributed by atoms with Gasteiger partial charge in [0, 0.05) is 23.4 Å². The van der Waals surface area contributed by atoms with Gasteiger partial charge in [-0.15, -0.1) is 16.9 Å². The van der Waals surface area contributed by atoms with Crippen molar-refractivity contribution in [1.82, 2.24) is 20.0 Å². The van der Waals surface area contributed by atoms with Crippen LogP contribution in [-0.4, -0.2) is 31.1 Å². The van der Waals surface area contributed by atoms with Crippen LogP contribution >= 0.6 is 11.8 Å². The van der Waals surface area contributed by atoms with Crippen LogP contribution in [-0.2, 0) is 13.5 Å². The Bertz CT molecular complexity index is 854. The third-order valence-electron chi connectivity index (χ3n) is 3.28. The zero-order chi connectivity index (χ0) is 17.8. The van der Waals surface area contributed by atoms with Gasteiger partial charge in [0.05, 0.1) is 6.42 Å². The van der Waals surface area contributed by atoms with Crippen LogP contribution in [0.15, 0.2) is 45.8 Å². The highest BCUT2D eigenvalue weighted by atomic mass is 32.2. The summed E-state index contributed by atoms with van der Waals surface area (Å²) in [5.74, 6) is 0.0615. The summed E-state index contributed by atoms with van der Waals surface area (Å²) >= 11 is 1.82. The molecule has 7 nitrogen and oxygen atoms in total. The zero-order valence-corrected chi connectivity index (χ0v) is 15.1. The first-order chi connectivity index (χ1) is 12.0. The van der Waals surface area contributed by atoms with Gasteiger partial charge in [-0.05, 0) is 23.8 Å². The van der Waals surface area contributed by atoms with Crippen LogP contribution in [0.25, 0.3) is 0 Å². The van der Waals surface area contributed by atoms with Crippen molar-refractivity contribution in [3.63, 3.8) is 0 Å². The molecule has 2 aromatic heterocycles. The predicted octanol–water partition coefficient (Wildman–Crippen LogP) is 3.15. The molecule has 1 aromatic carbocycles. The molecule has 25 heavy (non-hydrogen) atoms. The maximum Gasteiger partial charge on any atom is 0.322 e. The average molecular weight is 357 g/mol. The van der Waals surface area contributed by atoms with Crippen molar-refractivity contribution in [3.05, 3.63) is 53.7 Å². The Labute approximate surface area is 149 Å². The molecule has 1 amide bonds. The number of carbonyl (C=O) groups is 1. The lowest BCUT2D eigenvalue weighted by molar-refractivity contribution is 0.101. The van der Waals surface area contributed by atoms with Crippen molar-refractivity contribution in [2.45, 2.75) is 30.4 Å². The number of anilines is 1. The van der Waals surface area contributed by atoms with E-state index in [9.17, 15) is 4.79 Å². The summed E-state index contributed by atoms with van der Waals surface area (Å²) in [6.07, 6.45) is 2.20. The van der Waals surface area contributed by atoms with Crippen LogP contribution in [0.5, 0.6) is 0 Å². The molecule has 0 spiro atoms. The van der Waals surface area contributed by atoms with Crippen molar-refractivity contribution in [1.29, 1.82) is 0 Å². The second kappa shape index (κ2) is 7.52. The van der Waals surface area contributed by atoms with Crippen LogP contribution in [0.4, 0.5) is 6.01 Å². The number of hydrogen-bond acceptors (Lipinski definition) is 6. The van der Waals surface area contributed by atoms with Gasteiger partial charge < -0.3 is 4.42 Å². The van der Waals surface area contributed by atoms with Crippen molar-refractivity contribution in [2.24, 2.45) is 7.05 Å². The Balaban J connectivity index is 1.60. The Morgan fingerprint density at radius 2 is 2.00 bits per heavy atom. The van der Waals surface area contributed by atoms with Gasteiger partial charge in [0.25, 0.3) is 5.91 Å². The SMILES string of the molecule is CC(C)Sc1ccc(Cc2nnc(NC(=O)c3ccn(C)n3)o2)cc1. The lowest BCUT2D eigenvalue weighted by atomic mass is 10.1. The Morgan fingerprint density at radius 3 is 2.64 bits per heavy atom. The molecule has 3 aromatic rings. The maximum atomic E-state index is 12.0. The average Bonchev–Trinajstić information content (AvgIpc) is 3.18. The minimum Gasteiger partial charge on any atom is -0.407 e. The van der Waals surface area contributed by atoms with Gasteiger partial charge in [0.15, 0.2) is 5.69 Å². The molecule has 0 aliphatic rings. The molecular formula is C17H19N5O2S. The summed E-state index contributed by atoms with van der Waals surface area (Å²) in [6, 6.07) is 9.93. The standard InChI is InChI=1S/C17H19N5O2S/c1-11(2)25-13-6-4-12(5-7-13)10-15-19-20-17(24-15)18-16(23)14-8-9-22(3)21-14/h4-9,11H,10H2,1-3H3,(H,18,20,23). The molecule has 0 saturated carbocycles. The lowest BCUT2D eigenvalue weighted by Crippen LogP contribution is -2.13. The first-order valence-corrected chi connectivity index (χ1v) is 8.76. The van der Waals surface area contributed by atoms with E-state index in [-0.39, 0.29) is 11.9 Å². The molecule has 0 aliphatic heterocycles. The zero-order valence-electron chi connectivity index (χ0n) is 14.3. The van der Waals surface area contributed by atoms with Crippen molar-refractivity contribution >= 4 is 23.7 Å². The fraction of sp³-hybridized carbons (Fsp3) is 0.294. The van der Waals surface area contributed by atoms with Crippen LogP contribution in [0.3, 0.4) is 0 Å². The third kappa shape index (κ3) is 4.69. The smallest absolute Gasteiger partial charge is 0.322 e. The van der Waals surface area contributed by atoms with Gasteiger partial charge in [0.1, 0.15) is 0 Å². The Kier molecular flexibility index (Phi) is 5.18. The largest absolute Gasteiger partial charge is 0.407 e. The predicted molar refractivity (Wildman–Crippen MR) is 95.7 cm³/mol. The summed E-state index contributed by atoms with van der Waals surface area (Å²) in [7, 11) is 1.74. The molecule has 0 bridgehead atoms. The fourth-order valence-corrected chi connectivity index (χ4v) is 3.04. The molecule has 0 aliphatic carbocycles. The van der Waals surface area contributed by atoms with Crippen LogP contribution in [0, 0.1) is 0 Å². The van der Waals surface area contributed by atoms with E-state index < -0.39 is 0 Å². The second-order valence-corrected chi connectivity index (χ2v) is 7.47. The van der Waals surface area contributed by atoms with Crippen molar-refractivity contribution in [3.8, 4) is 0 Å². The molecule has 0 unspecified atom stereocenters. The number of nitrogens with zero attached hydrogens (tertiary/aromatic N) is 4. The molecule has 1 N–H and O–H groups in total. The number of hydrogen-bond donors (Lipinski definition) is 1. The summed E-state index contributed by atoms with van der Waals surface area (Å²) in [5, 5.41) is 14.9. The van der Waals surface area contributed by atoms with E-state index in [2.05, 4.69) is 46.6 Å². The fourth-order valence-electron chi connectivity index (χ4n) is 2.21. The van der Waals surface area contributed by atoms with Gasteiger partial charge in [-0.25, -0.2) is 0 Å². The summed E-state index contributed by atoms with van der Waals surface area (Å²) in [4.78, 5) is 13.2. The van der Waals surface area contributed by atoms with E-state index in [4.69, 9.17) is 4.42 Å². The Hall–Kier alpha value is -2.61. The highest BCUT2D eigenvalue weighted by Gasteiger charge is 2.14. The van der Waals surface area contributed by atoms with E-state index in [0.29, 0.717) is 23.3 Å². The van der Waals surface area contributed by atoms with E-state index >= 15 is 0 Å². The number of benzene rings is 1. The number of carbonyl (C=O) groups excluding carboxylic acids is 1. The first-order valence-electron chi connectivity index (χ1n) is 7.88. The number of rotatable bonds is 6. The molecular weight excluding hydrogens is 338 g/mol. The maximum absolute atomic E-state index is 12.0. The summed E-state index contributed by atoms with van der Waals surface area (Å²) in [5.41, 5.74) is 1.36. The lowest BCUT2D eigenvalue weighted by Gasteiger charge is -2.05. The topological polar surface area (TPSA) is 85.8 Å². The summed E-state index contributed by atoms with van der Waals surface area (Å²) < 4.78 is 7.04. The van der Waals surface area contributed by atoms with Crippen molar-refractivity contribution in [2.75, 3.05) is 5.32 Å². The molecule has 8 heteroatoms. The van der Waals surface area contributed by atoms with E-state index in [1.54, 1.807) is 24.0 Å². The van der Waals surface area contributed by atoms with E-state index in [0.717, 1.165) is 5.56 Å². The third-order valence-corrected chi connectivity index (χ3v) is 4.30. The van der Waals surface area contributed by atoms with Gasteiger partial charge in [0.2, 0.25) is 5.89 Å². The number of aryl methyl sites for hydroxylation is 1. The van der Waals surface area contributed by atoms with Crippen LogP contribution in [0.1, 0.15) is 35.8 Å². The number of aromatic nitrogens is 4. The monoisotopic (exact) mass is 357 g/mol. The quantitative estimate of drug-likeness (QED) is 0.682. The van der Waals surface area contributed by atoms with Gasteiger partial charge in [-0.2, -0.15) is 5.10 Å².